The van der Waals surface area contributed by atoms with Gasteiger partial charge in [0.2, 0.25) is 5.88 Å². The predicted octanol–water partition coefficient (Wildman–Crippen LogP) is 5.87. The van der Waals surface area contributed by atoms with Crippen LogP contribution in [0.3, 0.4) is 0 Å². The Balaban J connectivity index is 1.12. The molecule has 0 radical (unpaired) electrons. The van der Waals surface area contributed by atoms with Gasteiger partial charge in [-0.25, -0.2) is 9.97 Å². The van der Waals surface area contributed by atoms with Gasteiger partial charge >= 0.3 is 6.18 Å². The third kappa shape index (κ3) is 6.27. The molecule has 0 aliphatic carbocycles. The maximum atomic E-state index is 13.2. The van der Waals surface area contributed by atoms with Gasteiger partial charge in [-0.3, -0.25) is 4.79 Å². The van der Waals surface area contributed by atoms with Crippen molar-refractivity contribution in [2.24, 2.45) is 5.16 Å². The van der Waals surface area contributed by atoms with E-state index in [4.69, 9.17) is 30.9 Å². The number of hydrogen-bond acceptors (Lipinski definition) is 8. The van der Waals surface area contributed by atoms with Crippen LogP contribution in [-0.4, -0.2) is 53.3 Å². The summed E-state index contributed by atoms with van der Waals surface area (Å²) >= 11 is 7.19. The van der Waals surface area contributed by atoms with Crippen molar-refractivity contribution in [3.8, 4) is 11.6 Å². The van der Waals surface area contributed by atoms with E-state index in [0.29, 0.717) is 32.4 Å². The molecule has 4 heterocycles. The Kier molecular flexibility index (Phi) is 7.94. The summed E-state index contributed by atoms with van der Waals surface area (Å²) < 4.78 is 50.0. The van der Waals surface area contributed by atoms with Crippen LogP contribution in [0.25, 0.3) is 0 Å². The summed E-state index contributed by atoms with van der Waals surface area (Å²) in [6.07, 6.45) is -1.85. The van der Waals surface area contributed by atoms with Crippen LogP contribution in [0.4, 0.5) is 13.2 Å². The van der Waals surface area contributed by atoms with E-state index < -0.39 is 30.1 Å². The zero-order chi connectivity index (χ0) is 27.6. The number of aromatic nitrogens is 2. The summed E-state index contributed by atoms with van der Waals surface area (Å²) in [6, 6.07) is 8.40. The van der Waals surface area contributed by atoms with Crippen LogP contribution >= 0.6 is 22.9 Å². The molecule has 13 heteroatoms. The molecule has 1 fully saturated rings. The van der Waals surface area contributed by atoms with E-state index in [2.05, 4.69) is 10.1 Å². The number of ether oxygens (including phenoxy) is 2. The highest BCUT2D eigenvalue weighted by Crippen LogP contribution is 2.37. The van der Waals surface area contributed by atoms with Crippen LogP contribution in [0.5, 0.6) is 11.6 Å². The molecular formula is C26H24ClF3N4O4S. The fraction of sp³-hybridized carbons (Fsp3) is 0.385. The molecule has 1 unspecified atom stereocenters. The first kappa shape index (κ1) is 27.2. The fourth-order valence-corrected chi connectivity index (χ4v) is 5.63. The molecule has 1 amide bonds. The zero-order valence-electron chi connectivity index (χ0n) is 20.8. The van der Waals surface area contributed by atoms with Crippen molar-refractivity contribution < 1.29 is 32.3 Å². The highest BCUT2D eigenvalue weighted by molar-refractivity contribution is 7.10. The lowest BCUT2D eigenvalue weighted by Crippen LogP contribution is -2.40. The van der Waals surface area contributed by atoms with Gasteiger partial charge in [0, 0.05) is 37.0 Å². The summed E-state index contributed by atoms with van der Waals surface area (Å²) in [4.78, 5) is 28.2. The molecule has 0 N–H and O–H groups in total. The Morgan fingerprint density at radius 1 is 1.23 bits per heavy atom. The van der Waals surface area contributed by atoms with Crippen LogP contribution in [-0.2, 0) is 15.8 Å². The Bertz CT molecular complexity index is 1360. The first-order chi connectivity index (χ1) is 18.7. The van der Waals surface area contributed by atoms with E-state index in [1.165, 1.54) is 0 Å². The minimum absolute atomic E-state index is 0.169. The molecule has 1 atom stereocenters. The molecule has 0 spiro atoms. The smallest absolute Gasteiger partial charge is 0.421 e. The minimum Gasteiger partial charge on any atom is -0.497 e. The number of halogens is 4. The number of hydrogen-bond donors (Lipinski definition) is 0. The van der Waals surface area contributed by atoms with E-state index in [9.17, 15) is 18.0 Å². The number of pyridine rings is 1. The number of piperidine rings is 1. The normalized spacial score (nSPS) is 18.0. The molecule has 1 aromatic carbocycles. The third-order valence-corrected chi connectivity index (χ3v) is 7.84. The number of methoxy groups -OCH3 is 1. The number of amides is 1. The maximum absolute atomic E-state index is 13.2. The number of carbonyl (C=O) groups is 1. The van der Waals surface area contributed by atoms with Gasteiger partial charge in [-0.15, -0.1) is 11.3 Å². The van der Waals surface area contributed by atoms with Gasteiger partial charge in [-0.2, -0.15) is 13.2 Å². The lowest BCUT2D eigenvalue weighted by molar-refractivity contribution is -0.141. The molecule has 2 aromatic heterocycles. The van der Waals surface area contributed by atoms with E-state index in [1.807, 2.05) is 29.6 Å². The van der Waals surface area contributed by atoms with Gasteiger partial charge in [-0.1, -0.05) is 28.9 Å². The monoisotopic (exact) mass is 580 g/mol. The van der Waals surface area contributed by atoms with Crippen molar-refractivity contribution in [2.75, 3.05) is 26.8 Å². The lowest BCUT2D eigenvalue weighted by atomic mass is 9.97. The number of rotatable bonds is 7. The topological polar surface area (TPSA) is 86.1 Å². The lowest BCUT2D eigenvalue weighted by Gasteiger charge is -2.31. The first-order valence-electron chi connectivity index (χ1n) is 12.2. The van der Waals surface area contributed by atoms with Crippen molar-refractivity contribution in [3.63, 3.8) is 0 Å². The van der Waals surface area contributed by atoms with Gasteiger partial charge in [0.25, 0.3) is 5.91 Å². The number of nitrogens with zero attached hydrogens (tertiary/aromatic N) is 4. The molecule has 0 saturated carbocycles. The summed E-state index contributed by atoms with van der Waals surface area (Å²) in [5, 5.41) is 7.01. The summed E-state index contributed by atoms with van der Waals surface area (Å²) in [5.74, 6) is -0.126. The molecule has 3 aromatic rings. The highest BCUT2D eigenvalue weighted by atomic mass is 35.5. The minimum atomic E-state index is -4.70. The largest absolute Gasteiger partial charge is 0.497 e. The Labute approximate surface area is 231 Å². The second-order valence-electron chi connectivity index (χ2n) is 9.13. The third-order valence-electron chi connectivity index (χ3n) is 6.63. The number of likely N-dealkylation sites (tertiary alicyclic amines) is 1. The van der Waals surface area contributed by atoms with E-state index in [0.717, 1.165) is 40.0 Å². The van der Waals surface area contributed by atoms with Crippen LogP contribution < -0.4 is 9.47 Å². The van der Waals surface area contributed by atoms with Gasteiger partial charge in [0.15, 0.2) is 12.7 Å². The molecule has 2 aliphatic rings. The fourth-order valence-electron chi connectivity index (χ4n) is 4.48. The molecule has 2 aliphatic heterocycles. The van der Waals surface area contributed by atoms with Crippen molar-refractivity contribution in [1.82, 2.24) is 14.9 Å². The quantitative estimate of drug-likeness (QED) is 0.347. The van der Waals surface area contributed by atoms with Crippen molar-refractivity contribution in [1.29, 1.82) is 0 Å². The van der Waals surface area contributed by atoms with E-state index >= 15 is 0 Å². The van der Waals surface area contributed by atoms with Crippen molar-refractivity contribution in [2.45, 2.75) is 37.5 Å². The van der Waals surface area contributed by atoms with Crippen LogP contribution in [0.15, 0.2) is 47.1 Å². The Morgan fingerprint density at radius 2 is 1.97 bits per heavy atom. The number of oxime groups is 1. The Hall–Kier alpha value is -3.38. The summed E-state index contributed by atoms with van der Waals surface area (Å²) in [5.41, 5.74) is 1.46. The summed E-state index contributed by atoms with van der Waals surface area (Å²) in [7, 11) is 1.62. The molecule has 206 valence electrons. The second kappa shape index (κ2) is 11.4. The number of alkyl halides is 3. The van der Waals surface area contributed by atoms with E-state index in [-0.39, 0.29) is 17.0 Å². The molecule has 39 heavy (non-hydrogen) atoms. The Morgan fingerprint density at radius 3 is 2.67 bits per heavy atom. The molecule has 0 bridgehead atoms. The number of benzene rings is 1. The summed E-state index contributed by atoms with van der Waals surface area (Å²) in [6.45, 7) is 0.357. The van der Waals surface area contributed by atoms with Crippen molar-refractivity contribution >= 4 is 34.6 Å². The van der Waals surface area contributed by atoms with Crippen LogP contribution in [0, 0.1) is 0 Å². The standard InChI is InChI=1S/C26H24ClF3N4O4S/c1-36-18-4-2-15(3-5-18)22-11-20(33-38-22)21-14-39-25(32-21)16-6-8-34(9-7-16)23(35)13-37-24-19(26(28,29)30)10-17(27)12-31-24/h2-5,10,12,14,16,22H,6-9,11,13H2,1H3. The van der Waals surface area contributed by atoms with Gasteiger partial charge < -0.3 is 19.2 Å². The van der Waals surface area contributed by atoms with Gasteiger partial charge in [0.1, 0.15) is 17.0 Å². The second-order valence-corrected chi connectivity index (χ2v) is 10.5. The SMILES string of the molecule is COc1ccc(C2CC(c3csc(C4CCN(C(=O)COc5ncc(Cl)cc5C(F)(F)F)CC4)n3)=NO2)cc1. The number of carbonyl (C=O) groups excluding carboxylic acids is 1. The average molecular weight is 581 g/mol. The predicted molar refractivity (Wildman–Crippen MR) is 138 cm³/mol. The number of thiazole rings is 1. The van der Waals surface area contributed by atoms with Crippen LogP contribution in [0.1, 0.15) is 53.1 Å². The average Bonchev–Trinajstić information content (AvgIpc) is 3.62. The van der Waals surface area contributed by atoms with Gasteiger partial charge in [0.05, 0.1) is 22.8 Å². The first-order valence-corrected chi connectivity index (χ1v) is 13.4. The molecular weight excluding hydrogens is 557 g/mol. The zero-order valence-corrected chi connectivity index (χ0v) is 22.4. The maximum Gasteiger partial charge on any atom is 0.421 e. The van der Waals surface area contributed by atoms with Crippen molar-refractivity contribution in [3.05, 3.63) is 68.8 Å². The molecule has 8 nitrogen and oxygen atoms in total. The highest BCUT2D eigenvalue weighted by Gasteiger charge is 2.36. The van der Waals surface area contributed by atoms with Gasteiger partial charge in [-0.05, 0) is 36.6 Å². The van der Waals surface area contributed by atoms with E-state index in [1.54, 1.807) is 23.3 Å². The van der Waals surface area contributed by atoms with Crippen LogP contribution in [0.2, 0.25) is 5.02 Å². The molecule has 1 saturated heterocycles. The molecule has 5 rings (SSSR count).